The van der Waals surface area contributed by atoms with Crippen LogP contribution < -0.4 is 14.5 Å². The summed E-state index contributed by atoms with van der Waals surface area (Å²) in [5, 5.41) is 2.33. The summed E-state index contributed by atoms with van der Waals surface area (Å²) in [4.78, 5) is 9.61. The number of aromatic nitrogens is 1. The molecule has 0 unspecified atom stereocenters. The number of ether oxygens (including phenoxy) is 1. The Morgan fingerprint density at radius 3 is 1.72 bits per heavy atom. The second-order valence-electron chi connectivity index (χ2n) is 15.9. The molecule has 0 spiro atoms. The van der Waals surface area contributed by atoms with Gasteiger partial charge in [0.05, 0.1) is 11.1 Å². The molecule has 0 N–H and O–H groups in total. The maximum absolute atomic E-state index is 6.77. The van der Waals surface area contributed by atoms with E-state index in [4.69, 9.17) is 9.72 Å². The van der Waals surface area contributed by atoms with Crippen molar-refractivity contribution in [2.45, 2.75) is 5.41 Å². The van der Waals surface area contributed by atoms with Crippen molar-refractivity contribution in [1.29, 1.82) is 0 Å². The summed E-state index contributed by atoms with van der Waals surface area (Å²) in [7, 11) is 0. The summed E-state index contributed by atoms with van der Waals surface area (Å²) in [6.45, 7) is 2.21. The van der Waals surface area contributed by atoms with Gasteiger partial charge in [-0.3, -0.25) is 4.98 Å². The minimum Gasteiger partial charge on any atom is -0.509 e. The molecule has 0 amide bonds. The van der Waals surface area contributed by atoms with Crippen molar-refractivity contribution < 1.29 is 25.8 Å². The maximum atomic E-state index is 6.77. The largest absolute Gasteiger partial charge is 0.509 e. The van der Waals surface area contributed by atoms with Crippen LogP contribution in [0.1, 0.15) is 22.4 Å². The summed E-state index contributed by atoms with van der Waals surface area (Å²) < 4.78 is 6.77. The number of anilines is 4. The summed E-state index contributed by atoms with van der Waals surface area (Å²) in [5.41, 5.74) is 14.6. The molecule has 1 aromatic heterocycles. The standard InChI is InChI=1S/C59H38N3O.Pt/c1-3-18-41(19-4-1)48-30-17-31-49(42-20-5-2-6-21-42)57(48)62-40-61(55-36-35-43-22-7-8-27-50(43)58(55)62)45-24-16-26-47(39-45)63-46-25-15-23-44(38-46)59(56-34-13-14-37-60-56)53-32-11-9-28-51(53)52-29-10-12-33-54(52)59;/h1-37,40H;/q-3;. The third kappa shape index (κ3) is 6.36. The number of fused-ring (bicyclic) bond motifs is 6. The molecule has 4 nitrogen and oxygen atoms in total. The Bertz CT molecular complexity index is 3210. The van der Waals surface area contributed by atoms with E-state index in [1.165, 1.54) is 27.6 Å². The van der Waals surface area contributed by atoms with Crippen LogP contribution in [0.5, 0.6) is 11.5 Å². The quantitative estimate of drug-likeness (QED) is 0.142. The van der Waals surface area contributed by atoms with Gasteiger partial charge >= 0.3 is 0 Å². The third-order valence-electron chi connectivity index (χ3n) is 12.5. The zero-order chi connectivity index (χ0) is 41.7. The molecule has 308 valence electrons. The van der Waals surface area contributed by atoms with Gasteiger partial charge in [0, 0.05) is 72.3 Å². The minimum atomic E-state index is -0.686. The van der Waals surface area contributed by atoms with Crippen LogP contribution in [0.3, 0.4) is 0 Å². The topological polar surface area (TPSA) is 28.6 Å². The molecule has 1 aliphatic heterocycles. The molecule has 2 aliphatic rings. The van der Waals surface area contributed by atoms with Crippen LogP contribution in [0.4, 0.5) is 22.7 Å². The number of rotatable bonds is 8. The van der Waals surface area contributed by atoms with Gasteiger partial charge in [-0.2, -0.15) is 18.2 Å². The molecule has 10 aromatic rings. The first-order valence-electron chi connectivity index (χ1n) is 21.3. The van der Waals surface area contributed by atoms with Gasteiger partial charge in [0.15, 0.2) is 0 Å². The first-order valence-corrected chi connectivity index (χ1v) is 21.3. The second-order valence-corrected chi connectivity index (χ2v) is 15.9. The number of hydrogen-bond donors (Lipinski definition) is 0. The number of hydrogen-bond acceptors (Lipinski definition) is 4. The van der Waals surface area contributed by atoms with E-state index in [2.05, 4.69) is 223 Å². The number of para-hydroxylation sites is 1. The Balaban J connectivity index is 0.00000456. The van der Waals surface area contributed by atoms with Crippen molar-refractivity contribution in [3.05, 3.63) is 266 Å². The number of benzene rings is 9. The molecule has 0 atom stereocenters. The fraction of sp³-hybridized carbons (Fsp3) is 0.0169. The van der Waals surface area contributed by atoms with Crippen LogP contribution in [0.2, 0.25) is 0 Å². The van der Waals surface area contributed by atoms with Gasteiger partial charge in [0.1, 0.15) is 0 Å². The SMILES string of the molecule is [Pt].[c-]1c(Oc2[c-]c(C3(c4ccccn4)c4ccccc4-c4ccccc43)ccc2)cccc1N1[CH-]N(c2c(-c3ccccc3)cccc2-c2ccccc2)c2c1ccc1ccccc21. The summed E-state index contributed by atoms with van der Waals surface area (Å²) in [5.74, 6) is 1.18. The first kappa shape index (κ1) is 39.3. The van der Waals surface area contributed by atoms with Gasteiger partial charge in [0.2, 0.25) is 0 Å². The summed E-state index contributed by atoms with van der Waals surface area (Å²) in [6, 6.07) is 84.1. The molecule has 0 fully saturated rings. The van der Waals surface area contributed by atoms with Gasteiger partial charge in [0.25, 0.3) is 0 Å². The van der Waals surface area contributed by atoms with Crippen molar-refractivity contribution in [2.75, 3.05) is 9.80 Å². The van der Waals surface area contributed by atoms with E-state index >= 15 is 0 Å². The monoisotopic (exact) mass is 999 g/mol. The van der Waals surface area contributed by atoms with Gasteiger partial charge in [-0.15, -0.1) is 48.3 Å². The molecule has 12 rings (SSSR count). The van der Waals surface area contributed by atoms with Crippen LogP contribution in [-0.4, -0.2) is 4.98 Å². The predicted molar refractivity (Wildman–Crippen MR) is 256 cm³/mol. The van der Waals surface area contributed by atoms with Crippen LogP contribution in [-0.2, 0) is 26.5 Å². The predicted octanol–water partition coefficient (Wildman–Crippen LogP) is 14.7. The normalized spacial score (nSPS) is 13.2. The molecule has 1 aliphatic carbocycles. The van der Waals surface area contributed by atoms with Crippen molar-refractivity contribution >= 4 is 33.5 Å². The molecule has 9 aromatic carbocycles. The third-order valence-corrected chi connectivity index (χ3v) is 12.5. The maximum Gasteiger partial charge on any atom is 0.0663 e. The van der Waals surface area contributed by atoms with Gasteiger partial charge < -0.3 is 14.5 Å². The minimum absolute atomic E-state index is 0. The number of pyridine rings is 1. The van der Waals surface area contributed by atoms with Crippen molar-refractivity contribution in [1.82, 2.24) is 4.98 Å². The molecule has 0 bridgehead atoms. The average Bonchev–Trinajstić information content (AvgIpc) is 3.90. The fourth-order valence-electron chi connectivity index (χ4n) is 9.80. The van der Waals surface area contributed by atoms with E-state index in [0.29, 0.717) is 11.5 Å². The molecule has 0 saturated heterocycles. The van der Waals surface area contributed by atoms with Gasteiger partial charge in [-0.05, 0) is 57.0 Å². The smallest absolute Gasteiger partial charge is 0.0663 e. The van der Waals surface area contributed by atoms with E-state index < -0.39 is 5.41 Å². The van der Waals surface area contributed by atoms with Crippen LogP contribution >= 0.6 is 0 Å². The van der Waals surface area contributed by atoms with E-state index in [1.54, 1.807) is 0 Å². The van der Waals surface area contributed by atoms with E-state index in [-0.39, 0.29) is 21.1 Å². The van der Waals surface area contributed by atoms with E-state index in [9.17, 15) is 0 Å². The summed E-state index contributed by atoms with van der Waals surface area (Å²) >= 11 is 0. The average molecular weight is 1000 g/mol. The Kier molecular flexibility index (Phi) is 10.0. The van der Waals surface area contributed by atoms with Crippen LogP contribution in [0.25, 0.3) is 44.2 Å². The fourth-order valence-corrected chi connectivity index (χ4v) is 9.80. The van der Waals surface area contributed by atoms with Gasteiger partial charge in [-0.25, -0.2) is 0 Å². The molecule has 5 heteroatoms. The molecule has 0 radical (unpaired) electrons. The Morgan fingerprint density at radius 2 is 1.03 bits per heavy atom. The van der Waals surface area contributed by atoms with E-state index in [0.717, 1.165) is 61.6 Å². The second kappa shape index (κ2) is 16.3. The Morgan fingerprint density at radius 1 is 0.453 bits per heavy atom. The molecule has 2 heterocycles. The zero-order valence-electron chi connectivity index (χ0n) is 34.5. The van der Waals surface area contributed by atoms with Gasteiger partial charge in [-0.1, -0.05) is 164 Å². The molecular formula is C59H38N3OPt-3. The Hall–Kier alpha value is -7.52. The first-order chi connectivity index (χ1) is 31.3. The molecule has 0 saturated carbocycles. The Labute approximate surface area is 388 Å². The van der Waals surface area contributed by atoms with Crippen LogP contribution in [0, 0.1) is 18.8 Å². The number of nitrogens with zero attached hydrogens (tertiary/aromatic N) is 3. The summed E-state index contributed by atoms with van der Waals surface area (Å²) in [6.07, 6.45) is 1.88. The van der Waals surface area contributed by atoms with Crippen molar-refractivity contribution in [3.63, 3.8) is 0 Å². The zero-order valence-corrected chi connectivity index (χ0v) is 36.8. The van der Waals surface area contributed by atoms with Crippen molar-refractivity contribution in [3.8, 4) is 44.9 Å². The molecular weight excluding hydrogens is 962 g/mol. The van der Waals surface area contributed by atoms with Crippen molar-refractivity contribution in [2.24, 2.45) is 0 Å². The molecule has 64 heavy (non-hydrogen) atoms. The van der Waals surface area contributed by atoms with Crippen LogP contribution in [0.15, 0.2) is 225 Å². The van der Waals surface area contributed by atoms with E-state index in [1.807, 2.05) is 30.5 Å².